The van der Waals surface area contributed by atoms with Crippen LogP contribution in [-0.2, 0) is 4.79 Å². The number of nitrogens with one attached hydrogen (secondary N) is 2. The summed E-state index contributed by atoms with van der Waals surface area (Å²) in [5, 5.41) is 6.52. The fraction of sp³-hybridized carbons (Fsp3) is 0.0909. The van der Waals surface area contributed by atoms with Crippen LogP contribution >= 0.6 is 23.2 Å². The maximum Gasteiger partial charge on any atom is 0.251 e. The predicted octanol–water partition coefficient (Wildman–Crippen LogP) is 4.88. The molecule has 2 aromatic rings. The second kappa shape index (κ2) is 10.5. The Bertz CT molecular complexity index is 905. The normalized spacial score (nSPS) is 12.0. The average molecular weight is 415 g/mol. The molecule has 0 heterocycles. The zero-order valence-corrected chi connectivity index (χ0v) is 16.6. The van der Waals surface area contributed by atoms with Crippen LogP contribution in [0.3, 0.4) is 0 Å². The minimum absolute atomic E-state index is 0.187. The Balaban J connectivity index is 2.10. The molecule has 4 nitrogen and oxygen atoms in total. The molecular formula is C22H20Cl2N2O2. The summed E-state index contributed by atoms with van der Waals surface area (Å²) in [6.45, 7) is 7.30. The van der Waals surface area contributed by atoms with Crippen molar-refractivity contribution in [2.45, 2.75) is 6.04 Å². The van der Waals surface area contributed by atoms with Gasteiger partial charge < -0.3 is 10.6 Å². The molecule has 2 aromatic carbocycles. The summed E-state index contributed by atoms with van der Waals surface area (Å²) in [5.41, 5.74) is 1.96. The number of hydrogen-bond acceptors (Lipinski definition) is 2. The van der Waals surface area contributed by atoms with Gasteiger partial charge in [-0.25, -0.2) is 0 Å². The number of carbonyl (C=O) groups is 2. The fourth-order valence-corrected chi connectivity index (χ4v) is 2.85. The number of benzene rings is 2. The molecule has 0 aliphatic heterocycles. The van der Waals surface area contributed by atoms with Gasteiger partial charge in [0.15, 0.2) is 0 Å². The highest BCUT2D eigenvalue weighted by Gasteiger charge is 2.18. The minimum atomic E-state index is -0.455. The summed E-state index contributed by atoms with van der Waals surface area (Å²) in [4.78, 5) is 24.6. The van der Waals surface area contributed by atoms with E-state index in [0.29, 0.717) is 15.6 Å². The number of hydrogen-bond donors (Lipinski definition) is 2. The van der Waals surface area contributed by atoms with E-state index in [1.165, 1.54) is 6.07 Å². The standard InChI is InChI=1S/C22H20Cl2N2O2/c1-3-6-15(4-2)21(16-9-11-18(23)12-10-16)26-20(27)14-25-22(28)17-7-5-8-19(24)13-17/h3-13,21H,1-2,14H2,(H,25,28)(H,26,27)/b15-6+. The third-order valence-corrected chi connectivity index (χ3v) is 4.37. The Labute approximate surface area is 174 Å². The van der Waals surface area contributed by atoms with Gasteiger partial charge in [-0.3, -0.25) is 9.59 Å². The number of halogens is 2. The zero-order valence-electron chi connectivity index (χ0n) is 15.1. The van der Waals surface area contributed by atoms with Crippen LogP contribution in [0.4, 0.5) is 0 Å². The molecular weight excluding hydrogens is 395 g/mol. The predicted molar refractivity (Wildman–Crippen MR) is 115 cm³/mol. The van der Waals surface area contributed by atoms with E-state index in [0.717, 1.165) is 11.1 Å². The third-order valence-electron chi connectivity index (χ3n) is 3.88. The molecule has 0 fully saturated rings. The van der Waals surface area contributed by atoms with Crippen molar-refractivity contribution in [1.82, 2.24) is 10.6 Å². The Morgan fingerprint density at radius 2 is 1.75 bits per heavy atom. The van der Waals surface area contributed by atoms with E-state index in [4.69, 9.17) is 23.2 Å². The molecule has 28 heavy (non-hydrogen) atoms. The van der Waals surface area contributed by atoms with Crippen LogP contribution in [0, 0.1) is 0 Å². The van der Waals surface area contributed by atoms with Gasteiger partial charge >= 0.3 is 0 Å². The van der Waals surface area contributed by atoms with E-state index in [9.17, 15) is 9.59 Å². The van der Waals surface area contributed by atoms with Crippen molar-refractivity contribution in [3.05, 3.63) is 107 Å². The molecule has 0 bridgehead atoms. The van der Waals surface area contributed by atoms with Crippen LogP contribution in [0.5, 0.6) is 0 Å². The van der Waals surface area contributed by atoms with E-state index in [-0.39, 0.29) is 18.4 Å². The zero-order chi connectivity index (χ0) is 20.5. The highest BCUT2D eigenvalue weighted by Crippen LogP contribution is 2.24. The second-order valence-corrected chi connectivity index (χ2v) is 6.72. The van der Waals surface area contributed by atoms with Crippen LogP contribution in [-0.4, -0.2) is 18.4 Å². The van der Waals surface area contributed by atoms with Crippen LogP contribution in [0.15, 0.2) is 85.5 Å². The third kappa shape index (κ3) is 6.12. The molecule has 6 heteroatoms. The molecule has 0 saturated heterocycles. The molecule has 1 unspecified atom stereocenters. The summed E-state index contributed by atoms with van der Waals surface area (Å²) in [6.07, 6.45) is 5.02. The van der Waals surface area contributed by atoms with Crippen LogP contribution in [0.25, 0.3) is 0 Å². The maximum absolute atomic E-state index is 12.5. The first-order valence-electron chi connectivity index (χ1n) is 8.48. The highest BCUT2D eigenvalue weighted by molar-refractivity contribution is 6.31. The Morgan fingerprint density at radius 3 is 2.36 bits per heavy atom. The fourth-order valence-electron chi connectivity index (χ4n) is 2.54. The Kier molecular flexibility index (Phi) is 8.05. The molecule has 2 rings (SSSR count). The lowest BCUT2D eigenvalue weighted by atomic mass is 9.98. The molecule has 0 aromatic heterocycles. The topological polar surface area (TPSA) is 58.2 Å². The van der Waals surface area contributed by atoms with Crippen molar-refractivity contribution in [3.8, 4) is 0 Å². The van der Waals surface area contributed by atoms with Gasteiger partial charge in [0.05, 0.1) is 12.6 Å². The molecule has 2 N–H and O–H groups in total. The van der Waals surface area contributed by atoms with Crippen molar-refractivity contribution in [1.29, 1.82) is 0 Å². The van der Waals surface area contributed by atoms with Crippen molar-refractivity contribution in [2.75, 3.05) is 6.54 Å². The van der Waals surface area contributed by atoms with E-state index >= 15 is 0 Å². The highest BCUT2D eigenvalue weighted by atomic mass is 35.5. The van der Waals surface area contributed by atoms with Crippen molar-refractivity contribution < 1.29 is 9.59 Å². The van der Waals surface area contributed by atoms with Crippen molar-refractivity contribution in [3.63, 3.8) is 0 Å². The molecule has 0 saturated carbocycles. The molecule has 2 amide bonds. The molecule has 0 aliphatic carbocycles. The van der Waals surface area contributed by atoms with E-state index in [1.54, 1.807) is 48.6 Å². The summed E-state index contributed by atoms with van der Waals surface area (Å²) in [5.74, 6) is -0.738. The molecule has 0 aliphatic rings. The lowest BCUT2D eigenvalue weighted by Gasteiger charge is -2.21. The minimum Gasteiger partial charge on any atom is -0.344 e. The molecule has 0 radical (unpaired) electrons. The van der Waals surface area contributed by atoms with E-state index < -0.39 is 6.04 Å². The van der Waals surface area contributed by atoms with Gasteiger partial charge in [-0.2, -0.15) is 0 Å². The van der Waals surface area contributed by atoms with E-state index in [1.807, 2.05) is 12.1 Å². The van der Waals surface area contributed by atoms with Gasteiger partial charge in [-0.05, 0) is 41.5 Å². The lowest BCUT2D eigenvalue weighted by molar-refractivity contribution is -0.120. The second-order valence-electron chi connectivity index (χ2n) is 5.85. The summed E-state index contributed by atoms with van der Waals surface area (Å²) >= 11 is 11.8. The average Bonchev–Trinajstić information content (AvgIpc) is 2.69. The Morgan fingerprint density at radius 1 is 1.04 bits per heavy atom. The number of rotatable bonds is 8. The van der Waals surface area contributed by atoms with Crippen molar-refractivity contribution in [2.24, 2.45) is 0 Å². The molecule has 1 atom stereocenters. The summed E-state index contributed by atoms with van der Waals surface area (Å²) in [6, 6.07) is 13.2. The van der Waals surface area contributed by atoms with Gasteiger partial charge in [0, 0.05) is 15.6 Å². The number of carbonyl (C=O) groups excluding carboxylic acids is 2. The van der Waals surface area contributed by atoms with Gasteiger partial charge in [-0.1, -0.05) is 72.8 Å². The van der Waals surface area contributed by atoms with Gasteiger partial charge in [0.25, 0.3) is 5.91 Å². The van der Waals surface area contributed by atoms with Crippen LogP contribution in [0.2, 0.25) is 10.0 Å². The lowest BCUT2D eigenvalue weighted by Crippen LogP contribution is -2.39. The molecule has 144 valence electrons. The smallest absolute Gasteiger partial charge is 0.251 e. The quantitative estimate of drug-likeness (QED) is 0.604. The first-order valence-corrected chi connectivity index (χ1v) is 9.24. The largest absolute Gasteiger partial charge is 0.344 e. The maximum atomic E-state index is 12.5. The monoisotopic (exact) mass is 414 g/mol. The molecule has 0 spiro atoms. The van der Waals surface area contributed by atoms with Gasteiger partial charge in [-0.15, -0.1) is 0 Å². The van der Waals surface area contributed by atoms with Crippen molar-refractivity contribution >= 4 is 35.0 Å². The summed E-state index contributed by atoms with van der Waals surface area (Å²) < 4.78 is 0. The number of allylic oxidation sites excluding steroid dienone is 2. The SMILES string of the molecule is C=C/C=C(\C=C)C(NC(=O)CNC(=O)c1cccc(Cl)c1)c1ccc(Cl)cc1. The van der Waals surface area contributed by atoms with Gasteiger partial charge in [0.2, 0.25) is 5.91 Å². The first kappa shape index (κ1) is 21.5. The summed E-state index contributed by atoms with van der Waals surface area (Å²) in [7, 11) is 0. The van der Waals surface area contributed by atoms with E-state index in [2.05, 4.69) is 23.8 Å². The van der Waals surface area contributed by atoms with Crippen LogP contribution < -0.4 is 10.6 Å². The van der Waals surface area contributed by atoms with Crippen LogP contribution in [0.1, 0.15) is 22.0 Å². The number of amides is 2. The van der Waals surface area contributed by atoms with Gasteiger partial charge in [0.1, 0.15) is 0 Å². The first-order chi connectivity index (χ1) is 13.4. The Hall–Kier alpha value is -2.82.